The molecule has 3 heteroatoms. The van der Waals surface area contributed by atoms with Gasteiger partial charge in [-0.3, -0.25) is 4.79 Å². The summed E-state index contributed by atoms with van der Waals surface area (Å²) in [6, 6.07) is 0. The fourth-order valence-electron chi connectivity index (χ4n) is 5.81. The molecule has 4 saturated carbocycles. The molecule has 0 spiro atoms. The summed E-state index contributed by atoms with van der Waals surface area (Å²) in [5.74, 6) is 1.48. The summed E-state index contributed by atoms with van der Waals surface area (Å²) in [6.45, 7) is 10.7. The molecule has 4 aliphatic carbocycles. The minimum Gasteiger partial charge on any atom is -0.459 e. The molecule has 0 radical (unpaired) electrons. The second-order valence-electron chi connectivity index (χ2n) is 10.3. The Morgan fingerprint density at radius 1 is 1.17 bits per heavy atom. The summed E-state index contributed by atoms with van der Waals surface area (Å²) in [6.07, 6.45) is 6.52. The Balaban J connectivity index is 1.76. The number of carbonyl (C=O) groups is 1. The fraction of sp³-hybridized carbons (Fsp3) is 0.950. The van der Waals surface area contributed by atoms with E-state index in [1.807, 2.05) is 0 Å². The molecular weight excluding hydrogens is 288 g/mol. The highest BCUT2D eigenvalue weighted by Gasteiger charge is 2.59. The van der Waals surface area contributed by atoms with Crippen molar-refractivity contribution in [3.05, 3.63) is 0 Å². The van der Waals surface area contributed by atoms with E-state index in [9.17, 15) is 9.90 Å². The predicted molar refractivity (Wildman–Crippen MR) is 90.9 cm³/mol. The van der Waals surface area contributed by atoms with Gasteiger partial charge in [0.25, 0.3) is 0 Å². The number of esters is 1. The Morgan fingerprint density at radius 2 is 1.74 bits per heavy atom. The van der Waals surface area contributed by atoms with Gasteiger partial charge in [-0.1, -0.05) is 34.6 Å². The number of aliphatic hydroxyl groups is 1. The first kappa shape index (κ1) is 17.3. The van der Waals surface area contributed by atoms with Gasteiger partial charge in [-0.05, 0) is 61.7 Å². The second-order valence-corrected chi connectivity index (χ2v) is 10.3. The van der Waals surface area contributed by atoms with E-state index in [4.69, 9.17) is 4.74 Å². The minimum absolute atomic E-state index is 0.0308. The molecule has 0 aromatic heterocycles. The van der Waals surface area contributed by atoms with Gasteiger partial charge in [0.15, 0.2) is 0 Å². The van der Waals surface area contributed by atoms with Gasteiger partial charge < -0.3 is 9.84 Å². The molecule has 4 rings (SSSR count). The third-order valence-corrected chi connectivity index (χ3v) is 6.33. The number of hydrogen-bond acceptors (Lipinski definition) is 3. The van der Waals surface area contributed by atoms with Crippen LogP contribution in [0.25, 0.3) is 0 Å². The highest BCUT2D eigenvalue weighted by Crippen LogP contribution is 2.59. The molecule has 0 aromatic carbocycles. The lowest BCUT2D eigenvalue weighted by Gasteiger charge is -2.59. The molecular formula is C20H34O3. The lowest BCUT2D eigenvalue weighted by atomic mass is 9.52. The average Bonchev–Trinajstić information content (AvgIpc) is 2.30. The number of carbonyl (C=O) groups excluding carboxylic acids is 1. The first-order valence-corrected chi connectivity index (χ1v) is 9.46. The van der Waals surface area contributed by atoms with Crippen LogP contribution in [0.5, 0.6) is 0 Å². The summed E-state index contributed by atoms with van der Waals surface area (Å²) in [5, 5.41) is 10.8. The molecule has 0 amide bonds. The molecule has 0 aromatic rings. The zero-order valence-electron chi connectivity index (χ0n) is 15.5. The maximum absolute atomic E-state index is 13.0. The van der Waals surface area contributed by atoms with Crippen molar-refractivity contribution >= 4 is 5.97 Å². The molecule has 4 bridgehead atoms. The Morgan fingerprint density at radius 3 is 2.17 bits per heavy atom. The van der Waals surface area contributed by atoms with E-state index in [1.54, 1.807) is 0 Å². The van der Waals surface area contributed by atoms with Crippen LogP contribution in [0, 0.1) is 29.1 Å². The van der Waals surface area contributed by atoms with Crippen molar-refractivity contribution in [2.75, 3.05) is 0 Å². The van der Waals surface area contributed by atoms with E-state index >= 15 is 0 Å². The number of rotatable bonds is 4. The summed E-state index contributed by atoms with van der Waals surface area (Å²) in [7, 11) is 0. The van der Waals surface area contributed by atoms with Crippen LogP contribution in [0.2, 0.25) is 0 Å². The van der Waals surface area contributed by atoms with Crippen molar-refractivity contribution in [1.29, 1.82) is 0 Å². The quantitative estimate of drug-likeness (QED) is 0.784. The molecule has 0 aliphatic heterocycles. The molecule has 23 heavy (non-hydrogen) atoms. The average molecular weight is 322 g/mol. The maximum Gasteiger partial charge on any atom is 0.310 e. The highest BCUT2D eigenvalue weighted by molar-refractivity contribution is 5.74. The van der Waals surface area contributed by atoms with Crippen LogP contribution in [0.4, 0.5) is 0 Å². The summed E-state index contributed by atoms with van der Waals surface area (Å²) in [4.78, 5) is 13.0. The maximum atomic E-state index is 13.0. The van der Waals surface area contributed by atoms with Crippen molar-refractivity contribution in [1.82, 2.24) is 0 Å². The van der Waals surface area contributed by atoms with Gasteiger partial charge in [0.1, 0.15) is 5.60 Å². The predicted octanol–water partition coefficient (Wildman–Crippen LogP) is 4.32. The van der Waals surface area contributed by atoms with Gasteiger partial charge in [-0.25, -0.2) is 0 Å². The summed E-state index contributed by atoms with van der Waals surface area (Å²) in [5.41, 5.74) is -1.03. The largest absolute Gasteiger partial charge is 0.459 e. The van der Waals surface area contributed by atoms with Crippen molar-refractivity contribution in [3.63, 3.8) is 0 Å². The third-order valence-electron chi connectivity index (χ3n) is 6.33. The molecule has 3 atom stereocenters. The van der Waals surface area contributed by atoms with Crippen LogP contribution in [-0.2, 0) is 9.53 Å². The molecule has 4 fully saturated rings. The van der Waals surface area contributed by atoms with Crippen molar-refractivity contribution in [2.45, 2.75) is 90.8 Å². The molecule has 0 saturated heterocycles. The van der Waals surface area contributed by atoms with Crippen molar-refractivity contribution in [2.24, 2.45) is 29.1 Å². The standard InChI is InChI=1S/C20H34O3/c1-13(2)6-16(18(3,4)5)17(21)23-20-10-14-7-15(11-20)9-19(22,8-14)12-20/h13-16,22H,6-12H2,1-5H3. The summed E-state index contributed by atoms with van der Waals surface area (Å²) < 4.78 is 6.21. The van der Waals surface area contributed by atoms with Crippen LogP contribution >= 0.6 is 0 Å². The SMILES string of the molecule is CC(C)CC(C(=O)OC12CC3CC(CC(O)(C3)C1)C2)C(C)(C)C. The smallest absolute Gasteiger partial charge is 0.310 e. The molecule has 3 unspecified atom stereocenters. The second kappa shape index (κ2) is 5.47. The van der Waals surface area contributed by atoms with E-state index in [1.165, 1.54) is 6.42 Å². The lowest BCUT2D eigenvalue weighted by molar-refractivity contribution is -0.224. The van der Waals surface area contributed by atoms with E-state index in [2.05, 4.69) is 34.6 Å². The zero-order valence-corrected chi connectivity index (χ0v) is 15.5. The molecule has 3 nitrogen and oxygen atoms in total. The normalized spacial score (nSPS) is 40.5. The van der Waals surface area contributed by atoms with Crippen LogP contribution in [0.15, 0.2) is 0 Å². The number of hydrogen-bond donors (Lipinski definition) is 1. The molecule has 0 heterocycles. The fourth-order valence-corrected chi connectivity index (χ4v) is 5.81. The van der Waals surface area contributed by atoms with Gasteiger partial charge in [-0.2, -0.15) is 0 Å². The molecule has 4 aliphatic rings. The van der Waals surface area contributed by atoms with E-state index in [0.717, 1.165) is 32.1 Å². The first-order chi connectivity index (χ1) is 10.5. The van der Waals surface area contributed by atoms with Crippen molar-refractivity contribution < 1.29 is 14.6 Å². The Kier molecular flexibility index (Phi) is 4.11. The topological polar surface area (TPSA) is 46.5 Å². The third kappa shape index (κ3) is 3.45. The van der Waals surface area contributed by atoms with Crippen LogP contribution in [0.3, 0.4) is 0 Å². The van der Waals surface area contributed by atoms with E-state index in [-0.39, 0.29) is 22.9 Å². The van der Waals surface area contributed by atoms with Crippen LogP contribution in [0.1, 0.15) is 79.6 Å². The Hall–Kier alpha value is -0.570. The Labute approximate surface area is 141 Å². The number of ether oxygens (including phenoxy) is 1. The van der Waals surface area contributed by atoms with E-state index < -0.39 is 5.60 Å². The Bertz CT molecular complexity index is 460. The van der Waals surface area contributed by atoms with Crippen LogP contribution < -0.4 is 0 Å². The first-order valence-electron chi connectivity index (χ1n) is 9.46. The van der Waals surface area contributed by atoms with Gasteiger partial charge in [-0.15, -0.1) is 0 Å². The van der Waals surface area contributed by atoms with Crippen molar-refractivity contribution in [3.8, 4) is 0 Å². The summed E-state index contributed by atoms with van der Waals surface area (Å²) >= 11 is 0. The lowest BCUT2D eigenvalue weighted by Crippen LogP contribution is -2.60. The minimum atomic E-state index is -0.570. The monoisotopic (exact) mass is 322 g/mol. The zero-order chi connectivity index (χ0) is 17.0. The van der Waals surface area contributed by atoms with Gasteiger partial charge in [0, 0.05) is 6.42 Å². The van der Waals surface area contributed by atoms with Gasteiger partial charge in [0.05, 0.1) is 11.5 Å². The molecule has 132 valence electrons. The molecule has 1 N–H and O–H groups in total. The van der Waals surface area contributed by atoms with E-state index in [0.29, 0.717) is 24.2 Å². The van der Waals surface area contributed by atoms with Crippen LogP contribution in [-0.4, -0.2) is 22.3 Å². The highest BCUT2D eigenvalue weighted by atomic mass is 16.6. The van der Waals surface area contributed by atoms with Gasteiger partial charge >= 0.3 is 5.97 Å². The van der Waals surface area contributed by atoms with Gasteiger partial charge in [0.2, 0.25) is 0 Å².